The van der Waals surface area contributed by atoms with Crippen LogP contribution in [0, 0.1) is 11.3 Å². The second-order valence-electron chi connectivity index (χ2n) is 5.19. The fraction of sp³-hybridized carbons (Fsp3) is 0.600. The number of ether oxygens (including phenoxy) is 2. The number of carbonyl (C=O) groups is 2. The molecule has 0 heterocycles. The summed E-state index contributed by atoms with van der Waals surface area (Å²) in [7, 11) is 2.80. The van der Waals surface area contributed by atoms with Gasteiger partial charge in [0, 0.05) is 12.0 Å². The summed E-state index contributed by atoms with van der Waals surface area (Å²) in [6.07, 6.45) is 9.92. The summed E-state index contributed by atoms with van der Waals surface area (Å²) in [5.41, 5.74) is 0.501. The average molecular weight is 264 g/mol. The first-order valence-electron chi connectivity index (χ1n) is 6.67. The molecule has 0 N–H and O–H groups in total. The number of esters is 2. The molecular weight excluding hydrogens is 244 g/mol. The molecule has 4 heteroatoms. The van der Waals surface area contributed by atoms with Crippen LogP contribution in [-0.2, 0) is 19.1 Å². The molecule has 0 radical (unpaired) electrons. The SMILES string of the molecule is COC(=O)/C=C1\CCC[C@@]2(C(=O)OC)CCC=C[C@H]12. The van der Waals surface area contributed by atoms with Crippen molar-refractivity contribution in [1.82, 2.24) is 0 Å². The standard InChI is InChI=1S/C15H20O4/c1-18-13(16)10-11-6-5-9-15(14(17)19-2)8-4-3-7-12(11)15/h3,7,10,12H,4-6,8-9H2,1-2H3/b11-10+/t12-,15+/m1/s1. The number of rotatable bonds is 2. The van der Waals surface area contributed by atoms with Crippen molar-refractivity contribution in [3.63, 3.8) is 0 Å². The molecule has 0 aromatic rings. The number of hydrogen-bond donors (Lipinski definition) is 0. The molecule has 104 valence electrons. The van der Waals surface area contributed by atoms with E-state index in [0.29, 0.717) is 0 Å². The predicted octanol–water partition coefficient (Wildman–Crippen LogP) is 2.40. The minimum atomic E-state index is -0.485. The molecule has 0 amide bonds. The van der Waals surface area contributed by atoms with E-state index in [9.17, 15) is 9.59 Å². The van der Waals surface area contributed by atoms with E-state index in [-0.39, 0.29) is 17.9 Å². The first kappa shape index (κ1) is 13.8. The van der Waals surface area contributed by atoms with Crippen LogP contribution >= 0.6 is 0 Å². The molecule has 4 nitrogen and oxygen atoms in total. The maximum Gasteiger partial charge on any atom is 0.330 e. The smallest absolute Gasteiger partial charge is 0.330 e. The monoisotopic (exact) mass is 264 g/mol. The molecule has 1 fully saturated rings. The lowest BCUT2D eigenvalue weighted by atomic mass is 9.60. The number of allylic oxidation sites excluding steroid dienone is 3. The summed E-state index contributed by atoms with van der Waals surface area (Å²) in [5.74, 6) is -0.534. The van der Waals surface area contributed by atoms with Gasteiger partial charge in [-0.3, -0.25) is 4.79 Å². The van der Waals surface area contributed by atoms with Gasteiger partial charge in [-0.15, -0.1) is 0 Å². The molecule has 0 bridgehead atoms. The highest BCUT2D eigenvalue weighted by molar-refractivity contribution is 5.84. The average Bonchev–Trinajstić information content (AvgIpc) is 2.46. The third-order valence-electron chi connectivity index (χ3n) is 4.27. The predicted molar refractivity (Wildman–Crippen MR) is 70.3 cm³/mol. The summed E-state index contributed by atoms with van der Waals surface area (Å²) in [6, 6.07) is 0. The number of carbonyl (C=O) groups excluding carboxylic acids is 2. The minimum absolute atomic E-state index is 0.0263. The number of methoxy groups -OCH3 is 2. The van der Waals surface area contributed by atoms with Crippen LogP contribution in [0.25, 0.3) is 0 Å². The molecule has 19 heavy (non-hydrogen) atoms. The Bertz CT molecular complexity index is 435. The molecule has 0 aliphatic heterocycles. The van der Waals surface area contributed by atoms with Gasteiger partial charge >= 0.3 is 11.9 Å². The van der Waals surface area contributed by atoms with Gasteiger partial charge in [0.15, 0.2) is 0 Å². The lowest BCUT2D eigenvalue weighted by molar-refractivity contribution is -0.157. The third-order valence-corrected chi connectivity index (χ3v) is 4.27. The van der Waals surface area contributed by atoms with E-state index < -0.39 is 5.41 Å². The van der Waals surface area contributed by atoms with E-state index in [1.807, 2.05) is 6.08 Å². The van der Waals surface area contributed by atoms with E-state index in [1.165, 1.54) is 20.3 Å². The lowest BCUT2D eigenvalue weighted by Crippen LogP contribution is -2.43. The maximum atomic E-state index is 12.2. The zero-order chi connectivity index (χ0) is 13.9. The topological polar surface area (TPSA) is 52.6 Å². The summed E-state index contributed by atoms with van der Waals surface area (Å²) in [5, 5.41) is 0. The van der Waals surface area contributed by atoms with E-state index >= 15 is 0 Å². The van der Waals surface area contributed by atoms with Crippen LogP contribution in [0.3, 0.4) is 0 Å². The third kappa shape index (κ3) is 2.44. The Morgan fingerprint density at radius 3 is 2.79 bits per heavy atom. The fourth-order valence-corrected chi connectivity index (χ4v) is 3.34. The van der Waals surface area contributed by atoms with Crippen LogP contribution in [0.4, 0.5) is 0 Å². The fourth-order valence-electron chi connectivity index (χ4n) is 3.34. The molecule has 2 atom stereocenters. The zero-order valence-electron chi connectivity index (χ0n) is 11.5. The van der Waals surface area contributed by atoms with Crippen LogP contribution in [0.1, 0.15) is 32.1 Å². The molecule has 2 aliphatic carbocycles. The van der Waals surface area contributed by atoms with Gasteiger partial charge in [0.25, 0.3) is 0 Å². The van der Waals surface area contributed by atoms with Crippen molar-refractivity contribution in [3.05, 3.63) is 23.8 Å². The van der Waals surface area contributed by atoms with Crippen LogP contribution in [0.15, 0.2) is 23.8 Å². The van der Waals surface area contributed by atoms with Crippen molar-refractivity contribution in [2.24, 2.45) is 11.3 Å². The van der Waals surface area contributed by atoms with Crippen molar-refractivity contribution < 1.29 is 19.1 Å². The highest BCUT2D eigenvalue weighted by Crippen LogP contribution is 2.51. The van der Waals surface area contributed by atoms with Gasteiger partial charge in [0.2, 0.25) is 0 Å². The second-order valence-corrected chi connectivity index (χ2v) is 5.19. The minimum Gasteiger partial charge on any atom is -0.469 e. The van der Waals surface area contributed by atoms with Crippen molar-refractivity contribution in [2.75, 3.05) is 14.2 Å². The lowest BCUT2D eigenvalue weighted by Gasteiger charge is -2.43. The molecule has 0 unspecified atom stereocenters. The van der Waals surface area contributed by atoms with Crippen molar-refractivity contribution in [3.8, 4) is 0 Å². The van der Waals surface area contributed by atoms with E-state index in [1.54, 1.807) is 0 Å². The Labute approximate surface area is 113 Å². The van der Waals surface area contributed by atoms with Crippen LogP contribution in [0.2, 0.25) is 0 Å². The molecule has 0 spiro atoms. The largest absolute Gasteiger partial charge is 0.469 e. The number of fused-ring (bicyclic) bond motifs is 1. The highest BCUT2D eigenvalue weighted by Gasteiger charge is 2.49. The molecule has 2 rings (SSSR count). The Morgan fingerprint density at radius 1 is 1.32 bits per heavy atom. The highest BCUT2D eigenvalue weighted by atomic mass is 16.5. The summed E-state index contributed by atoms with van der Waals surface area (Å²) < 4.78 is 9.71. The van der Waals surface area contributed by atoms with E-state index in [4.69, 9.17) is 9.47 Å². The van der Waals surface area contributed by atoms with Crippen LogP contribution < -0.4 is 0 Å². The molecule has 1 saturated carbocycles. The molecule has 2 aliphatic rings. The Hall–Kier alpha value is -1.58. The normalized spacial score (nSPS) is 31.7. The molecule has 0 aromatic heterocycles. The van der Waals surface area contributed by atoms with Crippen molar-refractivity contribution in [1.29, 1.82) is 0 Å². The molecule has 0 aromatic carbocycles. The van der Waals surface area contributed by atoms with Gasteiger partial charge in [-0.05, 0) is 32.1 Å². The van der Waals surface area contributed by atoms with Crippen LogP contribution in [-0.4, -0.2) is 26.2 Å². The van der Waals surface area contributed by atoms with Gasteiger partial charge in [0.05, 0.1) is 19.6 Å². The Morgan fingerprint density at radius 2 is 2.11 bits per heavy atom. The zero-order valence-corrected chi connectivity index (χ0v) is 11.5. The Balaban J connectivity index is 2.37. The molecule has 0 saturated heterocycles. The Kier molecular flexibility index (Phi) is 4.08. The van der Waals surface area contributed by atoms with Crippen molar-refractivity contribution in [2.45, 2.75) is 32.1 Å². The first-order chi connectivity index (χ1) is 9.14. The summed E-state index contributed by atoms with van der Waals surface area (Å²) in [4.78, 5) is 23.7. The number of hydrogen-bond acceptors (Lipinski definition) is 4. The quantitative estimate of drug-likeness (QED) is 0.436. The second kappa shape index (κ2) is 5.59. The van der Waals surface area contributed by atoms with E-state index in [0.717, 1.165) is 37.7 Å². The summed E-state index contributed by atoms with van der Waals surface area (Å²) in [6.45, 7) is 0. The van der Waals surface area contributed by atoms with Crippen LogP contribution in [0.5, 0.6) is 0 Å². The van der Waals surface area contributed by atoms with Gasteiger partial charge in [0.1, 0.15) is 0 Å². The van der Waals surface area contributed by atoms with Gasteiger partial charge in [-0.1, -0.05) is 17.7 Å². The molecular formula is C15H20O4. The van der Waals surface area contributed by atoms with Gasteiger partial charge in [-0.25, -0.2) is 4.79 Å². The first-order valence-corrected chi connectivity index (χ1v) is 6.67. The summed E-state index contributed by atoms with van der Waals surface area (Å²) >= 11 is 0. The van der Waals surface area contributed by atoms with Crippen molar-refractivity contribution >= 4 is 11.9 Å². The maximum absolute atomic E-state index is 12.2. The van der Waals surface area contributed by atoms with E-state index in [2.05, 4.69) is 6.08 Å². The van der Waals surface area contributed by atoms with Gasteiger partial charge < -0.3 is 9.47 Å². The van der Waals surface area contributed by atoms with Gasteiger partial charge in [-0.2, -0.15) is 0 Å².